The first-order chi connectivity index (χ1) is 13.2. The van der Waals surface area contributed by atoms with Gasteiger partial charge >= 0.3 is 0 Å². The molecule has 0 unspecified atom stereocenters. The minimum Gasteiger partial charge on any atom is -0.385 e. The quantitative estimate of drug-likeness (QED) is 0.511. The van der Waals surface area contributed by atoms with Crippen LogP contribution in [0.1, 0.15) is 32.7 Å². The van der Waals surface area contributed by atoms with Crippen LogP contribution in [-0.2, 0) is 0 Å². The normalized spacial score (nSPS) is 11.6. The summed E-state index contributed by atoms with van der Waals surface area (Å²) >= 11 is 0. The molecule has 0 aliphatic heterocycles. The Morgan fingerprint density at radius 1 is 0.741 bits per heavy atom. The number of benzene rings is 3. The van der Waals surface area contributed by atoms with Crippen molar-refractivity contribution < 1.29 is 9.59 Å². The van der Waals surface area contributed by atoms with Gasteiger partial charge in [-0.25, -0.2) is 0 Å². The molecular formula is C23H20N2O2. The van der Waals surface area contributed by atoms with Gasteiger partial charge in [-0.1, -0.05) is 48.5 Å². The van der Waals surface area contributed by atoms with Crippen molar-refractivity contribution in [3.63, 3.8) is 0 Å². The molecule has 0 saturated heterocycles. The fraction of sp³-hybridized carbons (Fsp3) is 0.130. The number of amides is 1. The lowest BCUT2D eigenvalue weighted by atomic mass is 10.0. The number of nitrogens with one attached hydrogen (secondary N) is 2. The molecule has 0 heterocycles. The Morgan fingerprint density at radius 2 is 1.44 bits per heavy atom. The monoisotopic (exact) mass is 356 g/mol. The van der Waals surface area contributed by atoms with Crippen molar-refractivity contribution in [2.45, 2.75) is 6.42 Å². The van der Waals surface area contributed by atoms with Crippen molar-refractivity contribution in [3.05, 3.63) is 89.5 Å². The van der Waals surface area contributed by atoms with E-state index in [0.29, 0.717) is 23.2 Å². The summed E-state index contributed by atoms with van der Waals surface area (Å²) in [4.78, 5) is 25.0. The van der Waals surface area contributed by atoms with Crippen molar-refractivity contribution in [1.82, 2.24) is 5.32 Å². The summed E-state index contributed by atoms with van der Waals surface area (Å²) < 4.78 is 0. The van der Waals surface area contributed by atoms with E-state index in [2.05, 4.69) is 10.6 Å². The molecule has 0 bridgehead atoms. The fourth-order valence-electron chi connectivity index (χ4n) is 3.35. The second-order valence-electron chi connectivity index (χ2n) is 6.54. The number of hydrogen-bond donors (Lipinski definition) is 2. The predicted molar refractivity (Wildman–Crippen MR) is 107 cm³/mol. The topological polar surface area (TPSA) is 58.2 Å². The second kappa shape index (κ2) is 7.46. The average Bonchev–Trinajstić information content (AvgIpc) is 3.00. The van der Waals surface area contributed by atoms with Gasteiger partial charge in [0.25, 0.3) is 5.91 Å². The predicted octanol–water partition coefficient (Wildman–Crippen LogP) is 4.13. The highest BCUT2D eigenvalue weighted by Gasteiger charge is 2.26. The van der Waals surface area contributed by atoms with Gasteiger partial charge in [0.05, 0.1) is 0 Å². The number of para-hydroxylation sites is 1. The van der Waals surface area contributed by atoms with Crippen LogP contribution in [0.3, 0.4) is 0 Å². The van der Waals surface area contributed by atoms with Crippen LogP contribution < -0.4 is 10.6 Å². The van der Waals surface area contributed by atoms with Gasteiger partial charge in [-0.3, -0.25) is 9.59 Å². The largest absolute Gasteiger partial charge is 0.385 e. The summed E-state index contributed by atoms with van der Waals surface area (Å²) in [7, 11) is 0. The molecule has 0 spiro atoms. The van der Waals surface area contributed by atoms with E-state index in [0.717, 1.165) is 29.8 Å². The molecule has 4 nitrogen and oxygen atoms in total. The zero-order chi connectivity index (χ0) is 18.6. The van der Waals surface area contributed by atoms with Crippen molar-refractivity contribution in [2.75, 3.05) is 18.4 Å². The van der Waals surface area contributed by atoms with Crippen LogP contribution in [0.2, 0.25) is 0 Å². The third kappa shape index (κ3) is 3.47. The third-order valence-electron chi connectivity index (χ3n) is 4.73. The van der Waals surface area contributed by atoms with E-state index in [4.69, 9.17) is 0 Å². The lowest BCUT2D eigenvalue weighted by molar-refractivity contribution is 0.0953. The van der Waals surface area contributed by atoms with Crippen molar-refractivity contribution >= 4 is 17.4 Å². The van der Waals surface area contributed by atoms with E-state index in [-0.39, 0.29) is 11.7 Å². The number of fused-ring (bicyclic) bond motifs is 3. The zero-order valence-electron chi connectivity index (χ0n) is 14.9. The van der Waals surface area contributed by atoms with Crippen molar-refractivity contribution in [1.29, 1.82) is 0 Å². The van der Waals surface area contributed by atoms with Gasteiger partial charge in [-0.05, 0) is 41.8 Å². The van der Waals surface area contributed by atoms with Gasteiger partial charge in [0.15, 0.2) is 5.78 Å². The minimum absolute atomic E-state index is 0.0117. The summed E-state index contributed by atoms with van der Waals surface area (Å²) in [5.74, 6) is -0.163. The standard InChI is InChI=1S/C23H20N2O2/c26-22-20-10-5-4-9-18(20)19-12-11-16(15-21(19)22)23(27)25-14-6-13-24-17-7-2-1-3-8-17/h1-5,7-12,15,24H,6,13-14H2,(H,25,27). The van der Waals surface area contributed by atoms with Crippen LogP contribution in [-0.4, -0.2) is 24.8 Å². The SMILES string of the molecule is O=C(NCCCNc1ccccc1)c1ccc2c(c1)C(=O)c1ccccc1-2. The van der Waals surface area contributed by atoms with Gasteiger partial charge in [0.1, 0.15) is 0 Å². The molecular weight excluding hydrogens is 336 g/mol. The maximum absolute atomic E-state index is 12.6. The second-order valence-corrected chi connectivity index (χ2v) is 6.54. The molecule has 4 heteroatoms. The van der Waals surface area contributed by atoms with Crippen LogP contribution >= 0.6 is 0 Å². The first kappa shape index (κ1) is 17.0. The highest BCUT2D eigenvalue weighted by molar-refractivity contribution is 6.22. The Morgan fingerprint density at radius 3 is 2.26 bits per heavy atom. The molecule has 27 heavy (non-hydrogen) atoms. The van der Waals surface area contributed by atoms with E-state index < -0.39 is 0 Å². The van der Waals surface area contributed by atoms with Crippen molar-refractivity contribution in [2.24, 2.45) is 0 Å². The molecule has 0 saturated carbocycles. The lowest BCUT2D eigenvalue weighted by Crippen LogP contribution is -2.26. The third-order valence-corrected chi connectivity index (χ3v) is 4.73. The van der Waals surface area contributed by atoms with E-state index >= 15 is 0 Å². The molecule has 0 aromatic heterocycles. The zero-order valence-corrected chi connectivity index (χ0v) is 14.9. The number of hydrogen-bond acceptors (Lipinski definition) is 3. The summed E-state index contributed by atoms with van der Waals surface area (Å²) in [6.07, 6.45) is 0.815. The van der Waals surface area contributed by atoms with E-state index in [9.17, 15) is 9.59 Å². The summed E-state index contributed by atoms with van der Waals surface area (Å²) in [5, 5.41) is 6.23. The van der Waals surface area contributed by atoms with E-state index in [1.54, 1.807) is 12.1 Å². The van der Waals surface area contributed by atoms with Crippen LogP contribution in [0.4, 0.5) is 5.69 Å². The molecule has 0 atom stereocenters. The molecule has 1 aliphatic rings. The Balaban J connectivity index is 1.34. The minimum atomic E-state index is -0.152. The molecule has 1 aliphatic carbocycles. The van der Waals surface area contributed by atoms with Crippen molar-refractivity contribution in [3.8, 4) is 11.1 Å². The summed E-state index contributed by atoms with van der Waals surface area (Å²) in [6, 6.07) is 22.9. The Bertz CT molecular complexity index is 996. The molecule has 1 amide bonds. The molecule has 134 valence electrons. The average molecular weight is 356 g/mol. The highest BCUT2D eigenvalue weighted by Crippen LogP contribution is 2.36. The summed E-state index contributed by atoms with van der Waals surface area (Å²) in [5.41, 5.74) is 4.74. The van der Waals surface area contributed by atoms with E-state index in [1.165, 1.54) is 0 Å². The molecule has 0 radical (unpaired) electrons. The van der Waals surface area contributed by atoms with Gasteiger partial charge in [-0.15, -0.1) is 0 Å². The Kier molecular flexibility index (Phi) is 4.71. The van der Waals surface area contributed by atoms with Gasteiger partial charge in [-0.2, -0.15) is 0 Å². The number of anilines is 1. The number of carbonyl (C=O) groups is 2. The molecule has 3 aromatic rings. The Labute approximate surface area is 158 Å². The number of ketones is 1. The highest BCUT2D eigenvalue weighted by atomic mass is 16.1. The molecule has 2 N–H and O–H groups in total. The van der Waals surface area contributed by atoms with Gasteiger partial charge < -0.3 is 10.6 Å². The fourth-order valence-corrected chi connectivity index (χ4v) is 3.35. The molecule has 0 fully saturated rings. The number of rotatable bonds is 6. The first-order valence-corrected chi connectivity index (χ1v) is 9.09. The van der Waals surface area contributed by atoms with E-state index in [1.807, 2.05) is 60.7 Å². The molecule has 4 rings (SSSR count). The van der Waals surface area contributed by atoms with Crippen LogP contribution in [0.25, 0.3) is 11.1 Å². The van der Waals surface area contributed by atoms with Crippen LogP contribution in [0.15, 0.2) is 72.8 Å². The van der Waals surface area contributed by atoms with Gasteiger partial charge in [0, 0.05) is 35.5 Å². The van der Waals surface area contributed by atoms with Crippen LogP contribution in [0.5, 0.6) is 0 Å². The maximum Gasteiger partial charge on any atom is 0.251 e. The Hall–Kier alpha value is -3.40. The number of carbonyl (C=O) groups excluding carboxylic acids is 2. The molecule has 3 aromatic carbocycles. The van der Waals surface area contributed by atoms with Gasteiger partial charge in [0.2, 0.25) is 0 Å². The van der Waals surface area contributed by atoms with Crippen LogP contribution in [0, 0.1) is 0 Å². The first-order valence-electron chi connectivity index (χ1n) is 9.09. The summed E-state index contributed by atoms with van der Waals surface area (Å²) in [6.45, 7) is 1.35. The lowest BCUT2D eigenvalue weighted by Gasteiger charge is -2.08. The smallest absolute Gasteiger partial charge is 0.251 e. The maximum atomic E-state index is 12.6.